The van der Waals surface area contributed by atoms with Gasteiger partial charge in [-0.3, -0.25) is 4.57 Å². The molecular weight excluding hydrogens is 188 g/mol. The first-order valence-electron chi connectivity index (χ1n) is 4.77. The topological polar surface area (TPSA) is 34.0 Å². The maximum atomic E-state index is 11.6. The lowest BCUT2D eigenvalue weighted by Crippen LogP contribution is -2.17. The number of carbonyl (C=O) groups is 1. The number of rotatable bonds is 1. The summed E-state index contributed by atoms with van der Waals surface area (Å²) >= 11 is 0. The second-order valence-corrected chi connectivity index (χ2v) is 3.39. The van der Waals surface area contributed by atoms with Gasteiger partial charge >= 0.3 is 6.03 Å². The fourth-order valence-corrected chi connectivity index (χ4v) is 1.29. The third-order valence-electron chi connectivity index (χ3n) is 2.14. The Morgan fingerprint density at radius 1 is 1.13 bits per heavy atom. The van der Waals surface area contributed by atoms with Crippen LogP contribution in [0.2, 0.25) is 0 Å². The maximum Gasteiger partial charge on any atom is 0.329 e. The van der Waals surface area contributed by atoms with Gasteiger partial charge in [-0.05, 0) is 31.2 Å². The van der Waals surface area contributed by atoms with Gasteiger partial charge in [0.15, 0.2) is 0 Å². The highest BCUT2D eigenvalue weighted by Crippen LogP contribution is 2.08. The van der Waals surface area contributed by atoms with Gasteiger partial charge in [-0.1, -0.05) is 17.7 Å². The number of anilines is 1. The summed E-state index contributed by atoms with van der Waals surface area (Å²) in [6.45, 7) is 2.01. The van der Waals surface area contributed by atoms with Crippen molar-refractivity contribution in [1.29, 1.82) is 0 Å². The third kappa shape index (κ3) is 2.26. The molecule has 1 heterocycles. The summed E-state index contributed by atoms with van der Waals surface area (Å²) in [5, 5.41) is 2.80. The molecule has 3 heteroatoms. The van der Waals surface area contributed by atoms with E-state index in [2.05, 4.69) is 5.32 Å². The summed E-state index contributed by atoms with van der Waals surface area (Å²) in [5.41, 5.74) is 1.98. The molecule has 0 radical (unpaired) electrons. The monoisotopic (exact) mass is 200 g/mol. The molecule has 2 aromatic rings. The molecule has 76 valence electrons. The van der Waals surface area contributed by atoms with Crippen molar-refractivity contribution >= 4 is 11.7 Å². The molecule has 0 fully saturated rings. The highest BCUT2D eigenvalue weighted by atomic mass is 16.2. The molecule has 0 aliphatic carbocycles. The Labute approximate surface area is 88.3 Å². The fourth-order valence-electron chi connectivity index (χ4n) is 1.29. The minimum Gasteiger partial charge on any atom is -0.307 e. The van der Waals surface area contributed by atoms with Crippen LogP contribution in [0, 0.1) is 6.92 Å². The number of aryl methyl sites for hydroxylation is 1. The lowest BCUT2D eigenvalue weighted by Gasteiger charge is -2.05. The van der Waals surface area contributed by atoms with Gasteiger partial charge in [0.1, 0.15) is 0 Å². The van der Waals surface area contributed by atoms with Gasteiger partial charge < -0.3 is 5.32 Å². The SMILES string of the molecule is Cc1ccc(NC(=O)n2cccc2)cc1. The van der Waals surface area contributed by atoms with Gasteiger partial charge in [-0.15, -0.1) is 0 Å². The minimum absolute atomic E-state index is 0.149. The van der Waals surface area contributed by atoms with E-state index in [4.69, 9.17) is 0 Å². The Hall–Kier alpha value is -2.03. The zero-order valence-corrected chi connectivity index (χ0v) is 8.47. The lowest BCUT2D eigenvalue weighted by molar-refractivity contribution is 0.253. The second kappa shape index (κ2) is 4.00. The molecule has 0 spiro atoms. The molecular formula is C12H12N2O. The van der Waals surface area contributed by atoms with Crippen LogP contribution in [0.4, 0.5) is 10.5 Å². The standard InChI is InChI=1S/C12H12N2O/c1-10-4-6-11(7-5-10)13-12(15)14-8-2-3-9-14/h2-9H,1H3,(H,13,15). The van der Waals surface area contributed by atoms with Crippen LogP contribution in [0.1, 0.15) is 5.56 Å². The Kier molecular flexibility index (Phi) is 2.54. The van der Waals surface area contributed by atoms with Crippen LogP contribution in [-0.4, -0.2) is 10.6 Å². The molecule has 1 amide bonds. The van der Waals surface area contributed by atoms with E-state index >= 15 is 0 Å². The van der Waals surface area contributed by atoms with Crippen LogP contribution in [0.25, 0.3) is 0 Å². The normalized spacial score (nSPS) is 9.93. The van der Waals surface area contributed by atoms with Gasteiger partial charge in [0, 0.05) is 18.1 Å². The molecule has 1 aromatic carbocycles. The van der Waals surface area contributed by atoms with E-state index in [-0.39, 0.29) is 6.03 Å². The van der Waals surface area contributed by atoms with E-state index in [1.54, 1.807) is 12.4 Å². The molecule has 0 saturated heterocycles. The predicted octanol–water partition coefficient (Wildman–Crippen LogP) is 2.88. The average molecular weight is 200 g/mol. The number of hydrogen-bond donors (Lipinski definition) is 1. The fraction of sp³-hybridized carbons (Fsp3) is 0.0833. The molecule has 0 aliphatic heterocycles. The molecule has 0 unspecified atom stereocenters. The van der Waals surface area contributed by atoms with E-state index in [1.807, 2.05) is 43.3 Å². The number of nitrogens with zero attached hydrogens (tertiary/aromatic N) is 1. The molecule has 0 aliphatic rings. The van der Waals surface area contributed by atoms with Crippen molar-refractivity contribution < 1.29 is 4.79 Å². The van der Waals surface area contributed by atoms with Gasteiger partial charge in [-0.2, -0.15) is 0 Å². The Morgan fingerprint density at radius 2 is 1.73 bits per heavy atom. The van der Waals surface area contributed by atoms with Crippen molar-refractivity contribution in [2.45, 2.75) is 6.92 Å². The summed E-state index contributed by atoms with van der Waals surface area (Å²) in [5.74, 6) is 0. The first kappa shape index (κ1) is 9.52. The molecule has 0 atom stereocenters. The summed E-state index contributed by atoms with van der Waals surface area (Å²) in [6, 6.07) is 11.2. The average Bonchev–Trinajstić information content (AvgIpc) is 2.74. The summed E-state index contributed by atoms with van der Waals surface area (Å²) in [7, 11) is 0. The largest absolute Gasteiger partial charge is 0.329 e. The van der Waals surface area contributed by atoms with Crippen LogP contribution in [0.15, 0.2) is 48.8 Å². The number of amides is 1. The second-order valence-electron chi connectivity index (χ2n) is 3.39. The van der Waals surface area contributed by atoms with Crippen LogP contribution in [-0.2, 0) is 0 Å². The van der Waals surface area contributed by atoms with Gasteiger partial charge in [0.2, 0.25) is 0 Å². The van der Waals surface area contributed by atoms with E-state index < -0.39 is 0 Å². The van der Waals surface area contributed by atoms with Crippen LogP contribution in [0.3, 0.4) is 0 Å². The smallest absolute Gasteiger partial charge is 0.307 e. The van der Waals surface area contributed by atoms with Crippen LogP contribution < -0.4 is 5.32 Å². The summed E-state index contributed by atoms with van der Waals surface area (Å²) in [4.78, 5) is 11.6. The van der Waals surface area contributed by atoms with E-state index in [9.17, 15) is 4.79 Å². The van der Waals surface area contributed by atoms with Crippen molar-refractivity contribution in [3.63, 3.8) is 0 Å². The first-order valence-corrected chi connectivity index (χ1v) is 4.77. The number of benzene rings is 1. The molecule has 2 rings (SSSR count). The molecule has 15 heavy (non-hydrogen) atoms. The number of carbonyl (C=O) groups excluding carboxylic acids is 1. The zero-order chi connectivity index (χ0) is 10.7. The van der Waals surface area contributed by atoms with Gasteiger partial charge in [0.25, 0.3) is 0 Å². The Bertz CT molecular complexity index is 443. The van der Waals surface area contributed by atoms with Crippen molar-refractivity contribution in [3.8, 4) is 0 Å². The summed E-state index contributed by atoms with van der Waals surface area (Å²) < 4.78 is 1.50. The quantitative estimate of drug-likeness (QED) is 0.754. The van der Waals surface area contributed by atoms with Crippen LogP contribution >= 0.6 is 0 Å². The van der Waals surface area contributed by atoms with Crippen molar-refractivity contribution in [2.24, 2.45) is 0 Å². The van der Waals surface area contributed by atoms with E-state index in [0.717, 1.165) is 5.69 Å². The first-order chi connectivity index (χ1) is 7.25. The molecule has 0 saturated carbocycles. The van der Waals surface area contributed by atoms with E-state index in [1.165, 1.54) is 10.1 Å². The lowest BCUT2D eigenvalue weighted by atomic mass is 10.2. The van der Waals surface area contributed by atoms with Gasteiger partial charge in [0.05, 0.1) is 0 Å². The molecule has 3 nitrogen and oxygen atoms in total. The minimum atomic E-state index is -0.149. The Balaban J connectivity index is 2.09. The van der Waals surface area contributed by atoms with Crippen molar-refractivity contribution in [2.75, 3.05) is 5.32 Å². The van der Waals surface area contributed by atoms with Gasteiger partial charge in [-0.25, -0.2) is 4.79 Å². The number of hydrogen-bond acceptors (Lipinski definition) is 1. The number of aromatic nitrogens is 1. The predicted molar refractivity (Wildman–Crippen MR) is 60.0 cm³/mol. The zero-order valence-electron chi connectivity index (χ0n) is 8.47. The summed E-state index contributed by atoms with van der Waals surface area (Å²) in [6.07, 6.45) is 3.42. The van der Waals surface area contributed by atoms with Crippen LogP contribution in [0.5, 0.6) is 0 Å². The van der Waals surface area contributed by atoms with E-state index in [0.29, 0.717) is 0 Å². The maximum absolute atomic E-state index is 11.6. The van der Waals surface area contributed by atoms with Crippen molar-refractivity contribution in [1.82, 2.24) is 4.57 Å². The third-order valence-corrected chi connectivity index (χ3v) is 2.14. The van der Waals surface area contributed by atoms with Crippen molar-refractivity contribution in [3.05, 3.63) is 54.4 Å². The molecule has 1 N–H and O–H groups in total. The Morgan fingerprint density at radius 3 is 2.33 bits per heavy atom. The highest BCUT2D eigenvalue weighted by Gasteiger charge is 2.02. The molecule has 1 aromatic heterocycles. The number of nitrogens with one attached hydrogen (secondary N) is 1. The molecule has 0 bridgehead atoms. The highest BCUT2D eigenvalue weighted by molar-refractivity contribution is 5.90.